The summed E-state index contributed by atoms with van der Waals surface area (Å²) in [5.41, 5.74) is 3.23. The van der Waals surface area contributed by atoms with E-state index in [1.807, 2.05) is 35.9 Å². The van der Waals surface area contributed by atoms with Crippen molar-refractivity contribution in [1.82, 2.24) is 24.3 Å². The molecule has 1 amide bonds. The van der Waals surface area contributed by atoms with Crippen LogP contribution in [0.4, 0.5) is 17.3 Å². The number of nitrogens with zero attached hydrogens (tertiary/aromatic N) is 6. The normalized spacial score (nSPS) is 10.6. The maximum atomic E-state index is 11.6. The van der Waals surface area contributed by atoms with Crippen LogP contribution in [0.5, 0.6) is 0 Å². The van der Waals surface area contributed by atoms with Gasteiger partial charge < -0.3 is 10.6 Å². The molecule has 3 aromatic heterocycles. The molecule has 0 unspecified atom stereocenters. The number of carbonyl (C=O) groups excluding carboxylic acids is 1. The first kappa shape index (κ1) is 20.1. The summed E-state index contributed by atoms with van der Waals surface area (Å²) in [6, 6.07) is 7.58. The van der Waals surface area contributed by atoms with Crippen molar-refractivity contribution in [3.05, 3.63) is 65.7 Å². The number of aryl methyl sites for hydroxylation is 2. The van der Waals surface area contributed by atoms with E-state index in [4.69, 9.17) is 11.6 Å². The second kappa shape index (κ2) is 7.93. The zero-order chi connectivity index (χ0) is 22.1. The van der Waals surface area contributed by atoms with E-state index in [9.17, 15) is 10.1 Å². The van der Waals surface area contributed by atoms with Crippen molar-refractivity contribution in [1.29, 1.82) is 5.26 Å². The molecule has 0 saturated heterocycles. The van der Waals surface area contributed by atoms with E-state index in [0.29, 0.717) is 22.2 Å². The number of anilines is 3. The molecule has 0 radical (unpaired) electrons. The molecule has 0 bridgehead atoms. The molecule has 3 heterocycles. The van der Waals surface area contributed by atoms with Gasteiger partial charge in [0.25, 0.3) is 0 Å². The highest BCUT2D eigenvalue weighted by Crippen LogP contribution is 2.30. The minimum atomic E-state index is -0.280. The fourth-order valence-corrected chi connectivity index (χ4v) is 3.39. The van der Waals surface area contributed by atoms with Gasteiger partial charge in [-0.15, -0.1) is 0 Å². The SMILES string of the molecule is C=CC(=O)Nc1ccc2c(c1)c(C)cn2-c1nc(Nc2cn(C)nc2C#N)ncc1Cl. The number of aromatic nitrogens is 5. The number of nitrogens with one attached hydrogen (secondary N) is 2. The molecule has 0 atom stereocenters. The first-order valence-electron chi connectivity index (χ1n) is 9.18. The molecule has 2 N–H and O–H groups in total. The lowest BCUT2D eigenvalue weighted by atomic mass is 10.2. The first-order valence-corrected chi connectivity index (χ1v) is 9.56. The molecule has 0 aliphatic heterocycles. The standard InChI is InChI=1S/C21H17ClN8O/c1-4-19(31)25-13-5-6-18-14(7-13)12(2)10-30(18)20-15(22)9-24-21(27-20)26-17-11-29(3)28-16(17)8-23/h4-7,9-11H,1H2,2-3H3,(H,25,31)(H,24,26,27). The largest absolute Gasteiger partial charge is 0.323 e. The Kier molecular flexibility index (Phi) is 5.15. The van der Waals surface area contributed by atoms with E-state index in [-0.39, 0.29) is 17.5 Å². The van der Waals surface area contributed by atoms with Crippen LogP contribution in [-0.4, -0.2) is 30.2 Å². The van der Waals surface area contributed by atoms with Gasteiger partial charge in [0.15, 0.2) is 11.5 Å². The Bertz CT molecular complexity index is 1380. The van der Waals surface area contributed by atoms with Crippen molar-refractivity contribution in [2.45, 2.75) is 6.92 Å². The van der Waals surface area contributed by atoms with Crippen LogP contribution in [0.1, 0.15) is 11.3 Å². The third-order valence-corrected chi connectivity index (χ3v) is 4.86. The number of halogens is 1. The highest BCUT2D eigenvalue weighted by molar-refractivity contribution is 6.32. The zero-order valence-corrected chi connectivity index (χ0v) is 17.5. The second-order valence-electron chi connectivity index (χ2n) is 6.77. The average Bonchev–Trinajstić information content (AvgIpc) is 3.28. The molecule has 0 saturated carbocycles. The molecular weight excluding hydrogens is 416 g/mol. The quantitative estimate of drug-likeness (QED) is 0.463. The zero-order valence-electron chi connectivity index (χ0n) is 16.7. The van der Waals surface area contributed by atoms with Crippen LogP contribution >= 0.6 is 11.6 Å². The van der Waals surface area contributed by atoms with Crippen molar-refractivity contribution in [2.24, 2.45) is 7.05 Å². The maximum absolute atomic E-state index is 11.6. The molecule has 1 aromatic carbocycles. The molecule has 31 heavy (non-hydrogen) atoms. The van der Waals surface area contributed by atoms with Gasteiger partial charge in [-0.05, 0) is 36.8 Å². The number of hydrogen-bond acceptors (Lipinski definition) is 6. The van der Waals surface area contributed by atoms with Gasteiger partial charge in [-0.1, -0.05) is 18.2 Å². The summed E-state index contributed by atoms with van der Waals surface area (Å²) in [7, 11) is 1.72. The lowest BCUT2D eigenvalue weighted by molar-refractivity contribution is -0.111. The van der Waals surface area contributed by atoms with E-state index >= 15 is 0 Å². The van der Waals surface area contributed by atoms with Crippen molar-refractivity contribution >= 4 is 45.7 Å². The lowest BCUT2D eigenvalue weighted by Gasteiger charge is -2.10. The van der Waals surface area contributed by atoms with E-state index in [1.165, 1.54) is 17.0 Å². The highest BCUT2D eigenvalue weighted by Gasteiger charge is 2.15. The summed E-state index contributed by atoms with van der Waals surface area (Å²) in [5, 5.41) is 20.4. The van der Waals surface area contributed by atoms with Gasteiger partial charge in [0.05, 0.1) is 17.4 Å². The van der Waals surface area contributed by atoms with Crippen LogP contribution in [0.2, 0.25) is 5.02 Å². The predicted molar refractivity (Wildman–Crippen MR) is 119 cm³/mol. The Morgan fingerprint density at radius 3 is 2.90 bits per heavy atom. The molecular formula is C21H17ClN8O. The Morgan fingerprint density at radius 1 is 1.35 bits per heavy atom. The topological polar surface area (TPSA) is 113 Å². The van der Waals surface area contributed by atoms with E-state index in [1.54, 1.807) is 19.3 Å². The summed E-state index contributed by atoms with van der Waals surface area (Å²) in [5.74, 6) is 0.471. The van der Waals surface area contributed by atoms with Crippen molar-refractivity contribution in [2.75, 3.05) is 10.6 Å². The van der Waals surface area contributed by atoms with E-state index < -0.39 is 0 Å². The van der Waals surface area contributed by atoms with Crippen LogP contribution in [0, 0.1) is 18.3 Å². The van der Waals surface area contributed by atoms with E-state index in [0.717, 1.165) is 16.5 Å². The van der Waals surface area contributed by atoms with Crippen LogP contribution in [0.15, 0.2) is 49.4 Å². The summed E-state index contributed by atoms with van der Waals surface area (Å²) in [6.45, 7) is 5.43. The molecule has 10 heteroatoms. The monoisotopic (exact) mass is 432 g/mol. The van der Waals surface area contributed by atoms with Crippen LogP contribution < -0.4 is 10.6 Å². The van der Waals surface area contributed by atoms with Gasteiger partial charge in [-0.3, -0.25) is 14.0 Å². The van der Waals surface area contributed by atoms with Crippen molar-refractivity contribution in [3.8, 4) is 11.9 Å². The number of benzene rings is 1. The fraction of sp³-hybridized carbons (Fsp3) is 0.0952. The highest BCUT2D eigenvalue weighted by atomic mass is 35.5. The number of amides is 1. The Balaban J connectivity index is 1.75. The van der Waals surface area contributed by atoms with Gasteiger partial charge >= 0.3 is 0 Å². The summed E-state index contributed by atoms with van der Waals surface area (Å²) in [6.07, 6.45) is 6.29. The first-order chi connectivity index (χ1) is 14.9. The molecule has 0 spiro atoms. The number of carbonyl (C=O) groups is 1. The Labute approximate surface area is 182 Å². The minimum absolute atomic E-state index is 0.235. The fourth-order valence-electron chi connectivity index (χ4n) is 3.21. The Hall–Kier alpha value is -4.16. The van der Waals surface area contributed by atoms with Gasteiger partial charge in [-0.2, -0.15) is 15.3 Å². The summed E-state index contributed by atoms with van der Waals surface area (Å²) in [4.78, 5) is 20.4. The molecule has 154 valence electrons. The molecule has 9 nitrogen and oxygen atoms in total. The van der Waals surface area contributed by atoms with Crippen LogP contribution in [0.3, 0.4) is 0 Å². The average molecular weight is 433 g/mol. The third-order valence-electron chi connectivity index (χ3n) is 4.59. The number of fused-ring (bicyclic) bond motifs is 1. The van der Waals surface area contributed by atoms with Gasteiger partial charge in [0.1, 0.15) is 11.1 Å². The summed E-state index contributed by atoms with van der Waals surface area (Å²) < 4.78 is 3.39. The number of nitriles is 1. The van der Waals surface area contributed by atoms with Crippen LogP contribution in [0.25, 0.3) is 16.7 Å². The molecule has 0 fully saturated rings. The van der Waals surface area contributed by atoms with Crippen LogP contribution in [-0.2, 0) is 11.8 Å². The lowest BCUT2D eigenvalue weighted by Crippen LogP contribution is -2.07. The predicted octanol–water partition coefficient (Wildman–Crippen LogP) is 3.86. The Morgan fingerprint density at radius 2 is 2.16 bits per heavy atom. The van der Waals surface area contributed by atoms with Crippen molar-refractivity contribution < 1.29 is 4.79 Å². The molecule has 0 aliphatic rings. The smallest absolute Gasteiger partial charge is 0.247 e. The van der Waals surface area contributed by atoms with Crippen molar-refractivity contribution in [3.63, 3.8) is 0 Å². The van der Waals surface area contributed by atoms with Gasteiger partial charge in [-0.25, -0.2) is 4.98 Å². The minimum Gasteiger partial charge on any atom is -0.323 e. The second-order valence-corrected chi connectivity index (χ2v) is 7.18. The molecule has 4 aromatic rings. The molecule has 0 aliphatic carbocycles. The number of hydrogen-bond donors (Lipinski definition) is 2. The number of rotatable bonds is 5. The van der Waals surface area contributed by atoms with Gasteiger partial charge in [0.2, 0.25) is 11.9 Å². The molecule has 4 rings (SSSR count). The third kappa shape index (κ3) is 3.84. The van der Waals surface area contributed by atoms with E-state index in [2.05, 4.69) is 32.3 Å². The maximum Gasteiger partial charge on any atom is 0.247 e. The summed E-state index contributed by atoms with van der Waals surface area (Å²) >= 11 is 6.41. The van der Waals surface area contributed by atoms with Gasteiger partial charge in [0, 0.05) is 30.5 Å².